The molecular weight excluding hydrogens is 245 g/mol. The maximum atomic E-state index is 12.7. The minimum atomic E-state index is -0.551. The molecule has 1 saturated heterocycles. The zero-order valence-corrected chi connectivity index (χ0v) is 12.4. The molecule has 1 heterocycles. The van der Waals surface area contributed by atoms with Crippen LogP contribution in [0.4, 0.5) is 0 Å². The molecule has 0 aromatic rings. The summed E-state index contributed by atoms with van der Waals surface area (Å²) < 4.78 is 0. The van der Waals surface area contributed by atoms with Gasteiger partial charge in [0.25, 0.3) is 0 Å². The van der Waals surface area contributed by atoms with Crippen LogP contribution in [0.3, 0.4) is 0 Å². The van der Waals surface area contributed by atoms with Gasteiger partial charge in [-0.2, -0.15) is 0 Å². The molecule has 2 aliphatic rings. The predicted octanol–water partition coefficient (Wildman–Crippen LogP) is 2.52. The molecule has 0 spiro atoms. The van der Waals surface area contributed by atoms with Gasteiger partial charge in [0.15, 0.2) is 5.78 Å². The van der Waals surface area contributed by atoms with Crippen LogP contribution in [-0.4, -0.2) is 28.7 Å². The SMILES string of the molecule is CCC12C(=O)/C(=C/P)CC1CCCCN2C(C)=O. The molecule has 3 nitrogen and oxygen atoms in total. The van der Waals surface area contributed by atoms with Gasteiger partial charge in [-0.3, -0.25) is 9.59 Å². The zero-order chi connectivity index (χ0) is 13.3. The number of Topliss-reactive ketones (excluding diaryl/α,β-unsaturated/α-hetero) is 1. The molecule has 2 fully saturated rings. The van der Waals surface area contributed by atoms with E-state index in [9.17, 15) is 9.59 Å². The number of amides is 1. The molecule has 4 heteroatoms. The number of nitrogens with zero attached hydrogens (tertiary/aromatic N) is 1. The molecule has 3 atom stereocenters. The van der Waals surface area contributed by atoms with Gasteiger partial charge >= 0.3 is 0 Å². The lowest BCUT2D eigenvalue weighted by atomic mass is 9.80. The van der Waals surface area contributed by atoms with Gasteiger partial charge in [-0.05, 0) is 37.2 Å². The summed E-state index contributed by atoms with van der Waals surface area (Å²) in [7, 11) is 2.54. The van der Waals surface area contributed by atoms with Crippen LogP contribution in [0.5, 0.6) is 0 Å². The van der Waals surface area contributed by atoms with Crippen molar-refractivity contribution in [1.82, 2.24) is 4.90 Å². The Hall–Kier alpha value is -0.690. The average molecular weight is 267 g/mol. The van der Waals surface area contributed by atoms with Crippen molar-refractivity contribution in [1.29, 1.82) is 0 Å². The van der Waals surface area contributed by atoms with Gasteiger partial charge < -0.3 is 4.90 Å². The number of ketones is 1. The number of fused-ring (bicyclic) bond motifs is 1. The molecule has 1 saturated carbocycles. The first-order valence-corrected chi connectivity index (χ1v) is 7.48. The van der Waals surface area contributed by atoms with E-state index in [0.717, 1.165) is 44.2 Å². The summed E-state index contributed by atoms with van der Waals surface area (Å²) in [5.41, 5.74) is 0.338. The Balaban J connectivity index is 2.50. The summed E-state index contributed by atoms with van der Waals surface area (Å²) in [6.45, 7) is 4.36. The summed E-state index contributed by atoms with van der Waals surface area (Å²) in [4.78, 5) is 26.5. The summed E-state index contributed by atoms with van der Waals surface area (Å²) in [5.74, 6) is 2.39. The highest BCUT2D eigenvalue weighted by atomic mass is 31.0. The van der Waals surface area contributed by atoms with Crippen LogP contribution in [-0.2, 0) is 9.59 Å². The van der Waals surface area contributed by atoms with E-state index in [2.05, 4.69) is 9.24 Å². The van der Waals surface area contributed by atoms with E-state index in [1.807, 2.05) is 17.6 Å². The van der Waals surface area contributed by atoms with Crippen molar-refractivity contribution < 1.29 is 9.59 Å². The summed E-state index contributed by atoms with van der Waals surface area (Å²) in [5, 5.41) is 0. The first kappa shape index (κ1) is 13.7. The Morgan fingerprint density at radius 3 is 2.83 bits per heavy atom. The molecule has 100 valence electrons. The van der Waals surface area contributed by atoms with E-state index in [0.29, 0.717) is 5.92 Å². The number of rotatable bonds is 1. The van der Waals surface area contributed by atoms with Crippen LogP contribution in [0.1, 0.15) is 46.0 Å². The van der Waals surface area contributed by atoms with Crippen molar-refractivity contribution >= 4 is 20.9 Å². The highest BCUT2D eigenvalue weighted by Gasteiger charge is 2.55. The van der Waals surface area contributed by atoms with E-state index in [1.54, 1.807) is 6.92 Å². The van der Waals surface area contributed by atoms with E-state index in [4.69, 9.17) is 0 Å². The van der Waals surface area contributed by atoms with Gasteiger partial charge in [0.2, 0.25) is 5.91 Å². The fourth-order valence-electron chi connectivity index (χ4n) is 3.76. The fraction of sp³-hybridized carbons (Fsp3) is 0.714. The van der Waals surface area contributed by atoms with Gasteiger partial charge in [0, 0.05) is 13.5 Å². The van der Waals surface area contributed by atoms with Crippen LogP contribution in [0.2, 0.25) is 0 Å². The third kappa shape index (κ3) is 1.84. The van der Waals surface area contributed by atoms with Crippen LogP contribution in [0.25, 0.3) is 0 Å². The Labute approximate surface area is 111 Å². The second-order valence-electron chi connectivity index (χ2n) is 5.37. The molecule has 1 aliphatic carbocycles. The van der Waals surface area contributed by atoms with Gasteiger partial charge in [0.05, 0.1) is 0 Å². The average Bonchev–Trinajstić information content (AvgIpc) is 2.52. The Bertz CT molecular complexity index is 405. The number of likely N-dealkylation sites (tertiary alicyclic amines) is 1. The monoisotopic (exact) mass is 267 g/mol. The molecule has 0 aromatic heterocycles. The summed E-state index contributed by atoms with van der Waals surface area (Å²) >= 11 is 0. The highest BCUT2D eigenvalue weighted by Crippen LogP contribution is 2.47. The van der Waals surface area contributed by atoms with Crippen LogP contribution in [0, 0.1) is 5.92 Å². The molecule has 0 bridgehead atoms. The normalized spacial score (nSPS) is 34.6. The molecular formula is C14H22NO2P. The van der Waals surface area contributed by atoms with E-state index < -0.39 is 5.54 Å². The lowest BCUT2D eigenvalue weighted by molar-refractivity contribution is -0.144. The molecule has 18 heavy (non-hydrogen) atoms. The standard InChI is InChI=1S/C14H22NO2P/c1-3-14-12(8-11(9-18)13(14)17)6-4-5-7-15(14)10(2)16/h9,12H,3-8,18H2,1-2H3/b11-9+. The Morgan fingerprint density at radius 1 is 1.56 bits per heavy atom. The quantitative estimate of drug-likeness (QED) is 0.541. The molecule has 2 rings (SSSR count). The second kappa shape index (κ2) is 5.13. The molecule has 3 unspecified atom stereocenters. The fourth-order valence-corrected chi connectivity index (χ4v) is 4.04. The number of hydrogen-bond acceptors (Lipinski definition) is 2. The molecule has 0 radical (unpaired) electrons. The molecule has 1 aliphatic heterocycles. The van der Waals surface area contributed by atoms with Crippen LogP contribution >= 0.6 is 9.24 Å². The highest BCUT2D eigenvalue weighted by molar-refractivity contribution is 7.20. The third-order valence-corrected chi connectivity index (χ3v) is 5.02. The van der Waals surface area contributed by atoms with Crippen molar-refractivity contribution in [2.24, 2.45) is 5.92 Å². The largest absolute Gasteiger partial charge is 0.330 e. The maximum absolute atomic E-state index is 12.7. The van der Waals surface area contributed by atoms with Gasteiger partial charge in [-0.1, -0.05) is 19.2 Å². The summed E-state index contributed by atoms with van der Waals surface area (Å²) in [6, 6.07) is 0. The summed E-state index contributed by atoms with van der Waals surface area (Å²) in [6.07, 6.45) is 4.77. The van der Waals surface area contributed by atoms with Crippen molar-refractivity contribution in [2.75, 3.05) is 6.54 Å². The first-order chi connectivity index (χ1) is 8.57. The minimum absolute atomic E-state index is 0.0436. The molecule has 0 aromatic carbocycles. The van der Waals surface area contributed by atoms with Gasteiger partial charge in [0.1, 0.15) is 5.54 Å². The van der Waals surface area contributed by atoms with Gasteiger partial charge in [-0.15, -0.1) is 9.24 Å². The lowest BCUT2D eigenvalue weighted by Crippen LogP contribution is -2.57. The van der Waals surface area contributed by atoms with E-state index in [-0.39, 0.29) is 11.7 Å². The maximum Gasteiger partial charge on any atom is 0.220 e. The second-order valence-corrected chi connectivity index (χ2v) is 5.70. The van der Waals surface area contributed by atoms with Crippen LogP contribution < -0.4 is 0 Å². The Morgan fingerprint density at radius 2 is 2.28 bits per heavy atom. The smallest absolute Gasteiger partial charge is 0.220 e. The topological polar surface area (TPSA) is 37.4 Å². The van der Waals surface area contributed by atoms with Crippen molar-refractivity contribution in [3.8, 4) is 0 Å². The minimum Gasteiger partial charge on any atom is -0.330 e. The van der Waals surface area contributed by atoms with E-state index in [1.165, 1.54) is 0 Å². The van der Waals surface area contributed by atoms with Crippen molar-refractivity contribution in [2.45, 2.75) is 51.5 Å². The van der Waals surface area contributed by atoms with Gasteiger partial charge in [-0.25, -0.2) is 0 Å². The molecule has 1 amide bonds. The van der Waals surface area contributed by atoms with Crippen molar-refractivity contribution in [3.63, 3.8) is 0 Å². The zero-order valence-electron chi connectivity index (χ0n) is 11.2. The molecule has 0 N–H and O–H groups in total. The Kier molecular flexibility index (Phi) is 3.91. The lowest BCUT2D eigenvalue weighted by Gasteiger charge is -2.41. The number of carbonyl (C=O) groups is 2. The van der Waals surface area contributed by atoms with Crippen molar-refractivity contribution in [3.05, 3.63) is 11.4 Å². The number of carbonyl (C=O) groups excluding carboxylic acids is 2. The first-order valence-electron chi connectivity index (χ1n) is 6.81. The predicted molar refractivity (Wildman–Crippen MR) is 75.2 cm³/mol. The third-order valence-electron chi connectivity index (χ3n) is 4.61. The number of hydrogen-bond donors (Lipinski definition) is 0. The van der Waals surface area contributed by atoms with E-state index >= 15 is 0 Å². The van der Waals surface area contributed by atoms with Crippen LogP contribution in [0.15, 0.2) is 11.4 Å².